The van der Waals surface area contributed by atoms with E-state index >= 15 is 0 Å². The van der Waals surface area contributed by atoms with E-state index in [1.807, 2.05) is 24.5 Å². The Morgan fingerprint density at radius 2 is 1.80 bits per heavy atom. The highest BCUT2D eigenvalue weighted by Gasteiger charge is 2.01. The van der Waals surface area contributed by atoms with Gasteiger partial charge in [-0.25, -0.2) is 15.0 Å². The van der Waals surface area contributed by atoms with Gasteiger partial charge in [-0.1, -0.05) is 13.0 Å². The van der Waals surface area contributed by atoms with Gasteiger partial charge in [-0.05, 0) is 18.5 Å². The van der Waals surface area contributed by atoms with Gasteiger partial charge in [-0.15, -0.1) is 0 Å². The Morgan fingerprint density at radius 3 is 2.40 bits per heavy atom. The Hall–Kier alpha value is -2.01. The summed E-state index contributed by atoms with van der Waals surface area (Å²) in [6.07, 6.45) is 7.35. The Bertz CT molecular complexity index is 510. The zero-order chi connectivity index (χ0) is 14.2. The van der Waals surface area contributed by atoms with E-state index in [4.69, 9.17) is 4.74 Å². The highest BCUT2D eigenvalue weighted by molar-refractivity contribution is 5.21. The molecule has 106 valence electrons. The zero-order valence-corrected chi connectivity index (χ0v) is 12.0. The van der Waals surface area contributed by atoms with Crippen LogP contribution in [0.5, 0.6) is 5.88 Å². The number of hydrogen-bond acceptors (Lipinski definition) is 5. The highest BCUT2D eigenvalue weighted by atomic mass is 16.5. The van der Waals surface area contributed by atoms with Gasteiger partial charge in [0.25, 0.3) is 0 Å². The van der Waals surface area contributed by atoms with Crippen LogP contribution < -0.4 is 10.1 Å². The SMILES string of the molecule is CCCNCc1cnc(Cc2ccc(OC)nc2)nc1. The molecule has 2 aromatic rings. The first-order valence-corrected chi connectivity index (χ1v) is 6.81. The highest BCUT2D eigenvalue weighted by Crippen LogP contribution is 2.09. The van der Waals surface area contributed by atoms with Gasteiger partial charge in [-0.2, -0.15) is 0 Å². The van der Waals surface area contributed by atoms with Crippen molar-refractivity contribution in [2.45, 2.75) is 26.3 Å². The van der Waals surface area contributed by atoms with Gasteiger partial charge in [0.1, 0.15) is 5.82 Å². The topological polar surface area (TPSA) is 59.9 Å². The van der Waals surface area contributed by atoms with Gasteiger partial charge in [0, 0.05) is 43.2 Å². The van der Waals surface area contributed by atoms with E-state index in [0.717, 1.165) is 36.5 Å². The number of methoxy groups -OCH3 is 1. The summed E-state index contributed by atoms with van der Waals surface area (Å²) < 4.78 is 5.03. The van der Waals surface area contributed by atoms with Crippen molar-refractivity contribution in [1.82, 2.24) is 20.3 Å². The molecule has 0 aliphatic heterocycles. The lowest BCUT2D eigenvalue weighted by molar-refractivity contribution is 0.397. The quantitative estimate of drug-likeness (QED) is 0.781. The fourth-order valence-electron chi connectivity index (χ4n) is 1.79. The summed E-state index contributed by atoms with van der Waals surface area (Å²) in [5.74, 6) is 1.42. The molecule has 5 nitrogen and oxygen atoms in total. The van der Waals surface area contributed by atoms with E-state index in [1.165, 1.54) is 0 Å². The molecule has 0 saturated heterocycles. The molecule has 0 amide bonds. The minimum absolute atomic E-state index is 0.618. The molecule has 0 bridgehead atoms. The lowest BCUT2D eigenvalue weighted by Gasteiger charge is -2.04. The Balaban J connectivity index is 1.92. The maximum Gasteiger partial charge on any atom is 0.212 e. The predicted octanol–water partition coefficient (Wildman–Crippen LogP) is 1.97. The molecule has 0 radical (unpaired) electrons. The van der Waals surface area contributed by atoms with Crippen LogP contribution in [0.25, 0.3) is 0 Å². The third-order valence-corrected chi connectivity index (χ3v) is 2.88. The minimum atomic E-state index is 0.618. The van der Waals surface area contributed by atoms with Crippen molar-refractivity contribution >= 4 is 0 Å². The summed E-state index contributed by atoms with van der Waals surface area (Å²) in [5.41, 5.74) is 2.18. The van der Waals surface area contributed by atoms with E-state index < -0.39 is 0 Å². The van der Waals surface area contributed by atoms with E-state index in [2.05, 4.69) is 27.2 Å². The average molecular weight is 272 g/mol. The molecule has 2 rings (SSSR count). The fourth-order valence-corrected chi connectivity index (χ4v) is 1.79. The smallest absolute Gasteiger partial charge is 0.212 e. The van der Waals surface area contributed by atoms with Gasteiger partial charge in [0.05, 0.1) is 7.11 Å². The molecule has 0 saturated carbocycles. The van der Waals surface area contributed by atoms with Crippen LogP contribution in [0.2, 0.25) is 0 Å². The molecule has 2 heterocycles. The average Bonchev–Trinajstić information content (AvgIpc) is 2.50. The molecule has 20 heavy (non-hydrogen) atoms. The largest absolute Gasteiger partial charge is 0.481 e. The summed E-state index contributed by atoms with van der Waals surface area (Å²) in [6.45, 7) is 3.98. The van der Waals surface area contributed by atoms with Crippen LogP contribution in [0.4, 0.5) is 0 Å². The van der Waals surface area contributed by atoms with Crippen LogP contribution in [0, 0.1) is 0 Å². The van der Waals surface area contributed by atoms with Crippen LogP contribution in [0.1, 0.15) is 30.3 Å². The van der Waals surface area contributed by atoms with Crippen molar-refractivity contribution in [1.29, 1.82) is 0 Å². The van der Waals surface area contributed by atoms with Gasteiger partial charge in [0.2, 0.25) is 5.88 Å². The van der Waals surface area contributed by atoms with Gasteiger partial charge in [-0.3, -0.25) is 0 Å². The summed E-state index contributed by atoms with van der Waals surface area (Å²) in [5, 5.41) is 3.33. The first kappa shape index (κ1) is 14.4. The van der Waals surface area contributed by atoms with Crippen LogP contribution in [0.15, 0.2) is 30.7 Å². The van der Waals surface area contributed by atoms with Crippen LogP contribution in [0.3, 0.4) is 0 Å². The molecule has 0 aliphatic rings. The number of aromatic nitrogens is 3. The van der Waals surface area contributed by atoms with Gasteiger partial charge >= 0.3 is 0 Å². The predicted molar refractivity (Wildman–Crippen MR) is 77.6 cm³/mol. The van der Waals surface area contributed by atoms with Gasteiger partial charge < -0.3 is 10.1 Å². The van der Waals surface area contributed by atoms with Crippen LogP contribution in [-0.2, 0) is 13.0 Å². The summed E-state index contributed by atoms with van der Waals surface area (Å²) in [7, 11) is 1.61. The van der Waals surface area contributed by atoms with Crippen molar-refractivity contribution in [2.75, 3.05) is 13.7 Å². The van der Waals surface area contributed by atoms with E-state index in [1.54, 1.807) is 13.3 Å². The molecule has 1 N–H and O–H groups in total. The number of ether oxygens (including phenoxy) is 1. The second-order valence-corrected chi connectivity index (χ2v) is 4.57. The van der Waals surface area contributed by atoms with Crippen molar-refractivity contribution in [3.05, 3.63) is 47.7 Å². The molecular formula is C15H20N4O. The lowest BCUT2D eigenvalue weighted by atomic mass is 10.2. The number of rotatable bonds is 7. The second kappa shape index (κ2) is 7.55. The number of nitrogens with one attached hydrogen (secondary N) is 1. The van der Waals surface area contributed by atoms with Crippen molar-refractivity contribution in [3.63, 3.8) is 0 Å². The third kappa shape index (κ3) is 4.28. The molecule has 0 spiro atoms. The normalized spacial score (nSPS) is 10.5. The standard InChI is InChI=1S/C15H20N4O/c1-3-6-16-8-13-10-17-14(18-11-13)7-12-4-5-15(20-2)19-9-12/h4-5,9-11,16H,3,6-8H2,1-2H3. The lowest BCUT2D eigenvalue weighted by Crippen LogP contribution is -2.14. The molecular weight excluding hydrogens is 252 g/mol. The maximum atomic E-state index is 5.03. The van der Waals surface area contributed by atoms with Crippen molar-refractivity contribution < 1.29 is 4.74 Å². The molecule has 2 aromatic heterocycles. The molecule has 0 aromatic carbocycles. The molecule has 0 aliphatic carbocycles. The summed E-state index contributed by atoms with van der Waals surface area (Å²) >= 11 is 0. The zero-order valence-electron chi connectivity index (χ0n) is 12.0. The Labute approximate surface area is 119 Å². The Kier molecular flexibility index (Phi) is 5.43. The monoisotopic (exact) mass is 272 g/mol. The molecule has 0 fully saturated rings. The van der Waals surface area contributed by atoms with Crippen LogP contribution in [-0.4, -0.2) is 28.6 Å². The second-order valence-electron chi connectivity index (χ2n) is 4.57. The van der Waals surface area contributed by atoms with Crippen LogP contribution >= 0.6 is 0 Å². The maximum absolute atomic E-state index is 5.03. The van der Waals surface area contributed by atoms with Crippen molar-refractivity contribution in [2.24, 2.45) is 0 Å². The minimum Gasteiger partial charge on any atom is -0.481 e. The molecule has 5 heteroatoms. The van der Waals surface area contributed by atoms with E-state index in [0.29, 0.717) is 12.3 Å². The fraction of sp³-hybridized carbons (Fsp3) is 0.400. The molecule has 0 atom stereocenters. The first-order valence-electron chi connectivity index (χ1n) is 6.81. The Morgan fingerprint density at radius 1 is 1.05 bits per heavy atom. The van der Waals surface area contributed by atoms with E-state index in [9.17, 15) is 0 Å². The van der Waals surface area contributed by atoms with Gasteiger partial charge in [0.15, 0.2) is 0 Å². The number of pyridine rings is 1. The molecule has 0 unspecified atom stereocenters. The number of nitrogens with zero attached hydrogens (tertiary/aromatic N) is 3. The third-order valence-electron chi connectivity index (χ3n) is 2.88. The number of hydrogen-bond donors (Lipinski definition) is 1. The van der Waals surface area contributed by atoms with E-state index in [-0.39, 0.29) is 0 Å². The van der Waals surface area contributed by atoms with Crippen molar-refractivity contribution in [3.8, 4) is 5.88 Å². The summed E-state index contributed by atoms with van der Waals surface area (Å²) in [6, 6.07) is 3.82. The first-order chi connectivity index (χ1) is 9.81. The summed E-state index contributed by atoms with van der Waals surface area (Å²) in [4.78, 5) is 12.9.